The van der Waals surface area contributed by atoms with Crippen LogP contribution < -0.4 is 15.9 Å². The molecular weight excluding hydrogens is 606 g/mol. The van der Waals surface area contributed by atoms with Crippen molar-refractivity contribution in [2.24, 2.45) is 0 Å². The summed E-state index contributed by atoms with van der Waals surface area (Å²) in [5.41, 5.74) is 1.01. The van der Waals surface area contributed by atoms with Crippen molar-refractivity contribution in [2.45, 2.75) is 4.34 Å². The maximum Gasteiger partial charge on any atom is 1.00 e. The Kier molecular flexibility index (Phi) is 8.77. The number of hydrogen-bond donors (Lipinski definition) is 0. The molecule has 0 fully saturated rings. The predicted molar refractivity (Wildman–Crippen MR) is 130 cm³/mol. The summed E-state index contributed by atoms with van der Waals surface area (Å²) < 4.78 is 1.90. The second-order valence-electron chi connectivity index (χ2n) is 6.29. The van der Waals surface area contributed by atoms with Gasteiger partial charge in [0.15, 0.2) is 0 Å². The van der Waals surface area contributed by atoms with Crippen LogP contribution in [-0.2, 0) is 35.0 Å². The molecule has 1 nitrogen and oxygen atoms in total. The van der Waals surface area contributed by atoms with E-state index in [4.69, 9.17) is 12.6 Å². The van der Waals surface area contributed by atoms with Crippen LogP contribution in [-0.4, -0.2) is 4.98 Å². The van der Waals surface area contributed by atoms with Gasteiger partial charge in [0.2, 0.25) is 0 Å². The fourth-order valence-corrected chi connectivity index (χ4v) is 6.40. The smallest absolute Gasteiger partial charge is 0.408 e. The summed E-state index contributed by atoms with van der Waals surface area (Å²) in [6.07, 6.45) is 0. The molecule has 0 bridgehead atoms. The Balaban J connectivity index is 0.000000197. The van der Waals surface area contributed by atoms with Gasteiger partial charge in [-0.2, -0.15) is 0 Å². The predicted octanol–water partition coefficient (Wildman–Crippen LogP) is 5.64. The first-order chi connectivity index (χ1) is 14.3. The number of aromatic nitrogens is 1. The molecule has 4 aromatic carbocycles. The summed E-state index contributed by atoms with van der Waals surface area (Å²) in [7, 11) is -0.446. The van der Waals surface area contributed by atoms with E-state index in [9.17, 15) is 0 Å². The molecule has 1 aromatic heterocycles. The summed E-state index contributed by atoms with van der Waals surface area (Å²) in [6, 6.07) is 40.3. The van der Waals surface area contributed by atoms with Gasteiger partial charge in [-0.3, -0.25) is 4.98 Å². The molecule has 5 aromatic rings. The molecule has 152 valence electrons. The molecule has 0 atom stereocenters. The Labute approximate surface area is 203 Å². The quantitative estimate of drug-likeness (QED) is 0.146. The van der Waals surface area contributed by atoms with Crippen molar-refractivity contribution in [2.75, 3.05) is 0 Å². The first kappa shape index (κ1) is 22.8. The molecule has 5 rings (SSSR count). The van der Waals surface area contributed by atoms with Crippen LogP contribution >= 0.6 is 19.3 Å². The van der Waals surface area contributed by atoms with Crippen molar-refractivity contribution in [3.63, 3.8) is 0 Å². The van der Waals surface area contributed by atoms with Crippen LogP contribution in [0.3, 0.4) is 0 Å². The van der Waals surface area contributed by atoms with Crippen molar-refractivity contribution >= 4 is 58.0 Å². The van der Waals surface area contributed by atoms with Gasteiger partial charge in [0.05, 0.1) is 5.52 Å². The average Bonchev–Trinajstić information content (AvgIpc) is 3.17. The summed E-state index contributed by atoms with van der Waals surface area (Å²) in [5, 5.41) is 4.19. The van der Waals surface area contributed by atoms with Gasteiger partial charge >= 0.3 is 22.4 Å². The van der Waals surface area contributed by atoms with Gasteiger partial charge in [0, 0.05) is 0 Å². The van der Waals surface area contributed by atoms with Gasteiger partial charge in [-0.05, 0) is 38.9 Å². The van der Waals surface area contributed by atoms with E-state index < -0.39 is 7.92 Å². The topological polar surface area (TPSA) is 12.9 Å². The second-order valence-corrected chi connectivity index (χ2v) is 10.2. The van der Waals surface area contributed by atoms with Crippen molar-refractivity contribution in [3.05, 3.63) is 115 Å². The first-order valence-corrected chi connectivity index (χ1v) is 11.9. The van der Waals surface area contributed by atoms with Gasteiger partial charge in [-0.25, -0.2) is 0 Å². The minimum Gasteiger partial charge on any atom is -0.408 e. The maximum atomic E-state index is 4.92. The van der Waals surface area contributed by atoms with Gasteiger partial charge in [0.25, 0.3) is 0 Å². The van der Waals surface area contributed by atoms with Crippen LogP contribution in [0.2, 0.25) is 0 Å². The summed E-state index contributed by atoms with van der Waals surface area (Å²) in [5.74, 6) is 0. The molecule has 0 aliphatic rings. The Morgan fingerprint density at radius 2 is 0.967 bits per heavy atom. The van der Waals surface area contributed by atoms with E-state index in [1.54, 1.807) is 11.3 Å². The molecular formula is C25H19AuNPS2. The van der Waals surface area contributed by atoms with Crippen LogP contribution in [0.1, 0.15) is 0 Å². The molecule has 5 heteroatoms. The number of hydrogen-bond acceptors (Lipinski definition) is 3. The number of thiazole rings is 1. The Morgan fingerprint density at radius 1 is 0.567 bits per heavy atom. The van der Waals surface area contributed by atoms with Crippen molar-refractivity contribution in [1.82, 2.24) is 4.98 Å². The average molecular weight is 626 g/mol. The van der Waals surface area contributed by atoms with Crippen LogP contribution in [0.15, 0.2) is 120 Å². The van der Waals surface area contributed by atoms with E-state index in [2.05, 4.69) is 96.0 Å². The molecule has 0 radical (unpaired) electrons. The van der Waals surface area contributed by atoms with Crippen molar-refractivity contribution in [1.29, 1.82) is 0 Å². The van der Waals surface area contributed by atoms with E-state index in [0.29, 0.717) is 0 Å². The van der Waals surface area contributed by atoms with Crippen LogP contribution in [0, 0.1) is 0 Å². The van der Waals surface area contributed by atoms with Gasteiger partial charge in [-0.15, -0.1) is 0 Å². The number of rotatable bonds is 3. The molecule has 0 saturated carbocycles. The number of nitrogens with zero attached hydrogens (tertiary/aromatic N) is 1. The minimum atomic E-state index is -0.446. The maximum absolute atomic E-state index is 4.92. The van der Waals surface area contributed by atoms with Crippen LogP contribution in [0.4, 0.5) is 0 Å². The van der Waals surface area contributed by atoms with Crippen molar-refractivity contribution < 1.29 is 22.4 Å². The van der Waals surface area contributed by atoms with Gasteiger partial charge in [0.1, 0.15) is 0 Å². The fourth-order valence-electron chi connectivity index (χ4n) is 3.03. The molecule has 30 heavy (non-hydrogen) atoms. The summed E-state index contributed by atoms with van der Waals surface area (Å²) in [6.45, 7) is 0. The molecule has 0 aliphatic heterocycles. The van der Waals surface area contributed by atoms with Crippen LogP contribution in [0.5, 0.6) is 0 Å². The van der Waals surface area contributed by atoms with E-state index in [1.807, 2.05) is 24.3 Å². The first-order valence-electron chi connectivity index (χ1n) is 9.29. The molecule has 0 aliphatic carbocycles. The Bertz CT molecular complexity index is 1040. The van der Waals surface area contributed by atoms with Gasteiger partial charge in [-0.1, -0.05) is 109 Å². The monoisotopic (exact) mass is 625 g/mol. The van der Waals surface area contributed by atoms with Gasteiger partial charge < -0.3 is 24.0 Å². The number of para-hydroxylation sites is 1. The normalized spacial score (nSPS) is 10.2. The molecule has 0 N–H and O–H groups in total. The molecule has 0 unspecified atom stereocenters. The van der Waals surface area contributed by atoms with E-state index in [-0.39, 0.29) is 22.4 Å². The summed E-state index contributed by atoms with van der Waals surface area (Å²) >= 11 is 6.48. The molecule has 1 heterocycles. The minimum absolute atomic E-state index is 0. The Morgan fingerprint density at radius 3 is 1.40 bits per heavy atom. The third-order valence-electron chi connectivity index (χ3n) is 4.32. The molecule has 0 saturated heterocycles. The SMILES string of the molecule is [Au+].[S-]c1nc2ccccc2s1.c1ccc(P(c2ccccc2)c2ccccc2)cc1. The molecule has 0 spiro atoms. The number of benzene rings is 4. The zero-order valence-corrected chi connectivity index (χ0v) is 20.7. The van der Waals surface area contributed by atoms with E-state index in [0.717, 1.165) is 9.86 Å². The zero-order valence-electron chi connectivity index (χ0n) is 16.0. The third kappa shape index (κ3) is 5.86. The third-order valence-corrected chi connectivity index (χ3v) is 7.93. The second kappa shape index (κ2) is 11.5. The van der Waals surface area contributed by atoms with Crippen LogP contribution in [0.25, 0.3) is 10.2 Å². The largest absolute Gasteiger partial charge is 1.00 e. The summed E-state index contributed by atoms with van der Waals surface area (Å²) in [4.78, 5) is 4.15. The van der Waals surface area contributed by atoms with E-state index >= 15 is 0 Å². The zero-order chi connectivity index (χ0) is 19.9. The van der Waals surface area contributed by atoms with E-state index in [1.165, 1.54) is 20.6 Å². The molecule has 0 amide bonds. The fraction of sp³-hybridized carbons (Fsp3) is 0. The standard InChI is InChI=1S/C18H15P.C7H5NS2.Au/c1-4-10-16(11-5-1)19(17-12-6-2-7-13-17)18-14-8-3-9-15-18;9-7-8-5-3-1-2-4-6(5)10-7;/h1-15H;1-4H,(H,8,9);/q;;+1/p-1. The van der Waals surface area contributed by atoms with Crippen molar-refractivity contribution in [3.8, 4) is 0 Å². The Hall–Kier alpha value is -1.84. The number of fused-ring (bicyclic) bond motifs is 1.